The van der Waals surface area contributed by atoms with E-state index >= 15 is 0 Å². The Morgan fingerprint density at radius 2 is 2.00 bits per heavy atom. The number of carbonyl (C=O) groups is 1. The molecule has 2 aromatic rings. The number of nitriles is 1. The van der Waals surface area contributed by atoms with Crippen molar-refractivity contribution in [2.45, 2.75) is 31.4 Å². The molecule has 1 fully saturated rings. The van der Waals surface area contributed by atoms with Crippen LogP contribution in [0.1, 0.15) is 30.0 Å². The summed E-state index contributed by atoms with van der Waals surface area (Å²) in [6, 6.07) is 17.0. The quantitative estimate of drug-likeness (QED) is 0.664. The monoisotopic (exact) mass is 445 g/mol. The highest BCUT2D eigenvalue weighted by Crippen LogP contribution is 2.27. The van der Waals surface area contributed by atoms with Crippen LogP contribution in [-0.4, -0.2) is 53.1 Å². The number of carbonyl (C=O) groups excluding carboxylic acids is 1. The summed E-state index contributed by atoms with van der Waals surface area (Å²) in [5.74, 6) is -0.0720. The molecule has 1 aliphatic rings. The van der Waals surface area contributed by atoms with Crippen molar-refractivity contribution in [1.29, 1.82) is 5.26 Å². The van der Waals surface area contributed by atoms with Gasteiger partial charge in [0.1, 0.15) is 0 Å². The Bertz CT molecular complexity index is 901. The zero-order chi connectivity index (χ0) is 21.5. The average molecular weight is 446 g/mol. The lowest BCUT2D eigenvalue weighted by molar-refractivity contribution is -0.133. The number of aliphatic hydroxyl groups is 1. The summed E-state index contributed by atoms with van der Waals surface area (Å²) in [6.45, 7) is 2.33. The second kappa shape index (κ2) is 10.8. The Kier molecular flexibility index (Phi) is 8.12. The predicted octanol–water partition coefficient (Wildman–Crippen LogP) is 4.09. The molecule has 0 aliphatic carbocycles. The largest absolute Gasteiger partial charge is 0.392 e. The van der Waals surface area contributed by atoms with Gasteiger partial charge in [-0.1, -0.05) is 59.6 Å². The van der Waals surface area contributed by atoms with Crippen molar-refractivity contribution in [2.75, 3.05) is 26.2 Å². The molecule has 0 radical (unpaired) electrons. The highest BCUT2D eigenvalue weighted by atomic mass is 35.5. The minimum absolute atomic E-state index is 0.0720. The summed E-state index contributed by atoms with van der Waals surface area (Å²) >= 11 is 12.1. The Hall–Kier alpha value is -2.10. The van der Waals surface area contributed by atoms with Crippen molar-refractivity contribution in [3.63, 3.8) is 0 Å². The molecule has 2 atom stereocenters. The lowest BCUT2D eigenvalue weighted by Crippen LogP contribution is -2.42. The third-order valence-corrected chi connectivity index (χ3v) is 6.10. The van der Waals surface area contributed by atoms with Crippen LogP contribution in [0.25, 0.3) is 0 Å². The molecule has 1 aliphatic heterocycles. The highest BCUT2D eigenvalue weighted by Gasteiger charge is 2.30. The molecule has 0 bridgehead atoms. The molecular formula is C23H25Cl2N3O2. The molecule has 0 spiro atoms. The number of rotatable bonds is 8. The lowest BCUT2D eigenvalue weighted by atomic mass is 10.0. The molecule has 7 heteroatoms. The van der Waals surface area contributed by atoms with E-state index in [4.69, 9.17) is 28.5 Å². The van der Waals surface area contributed by atoms with Gasteiger partial charge in [-0.3, -0.25) is 9.69 Å². The van der Waals surface area contributed by atoms with E-state index in [-0.39, 0.29) is 30.9 Å². The predicted molar refractivity (Wildman–Crippen MR) is 118 cm³/mol. The zero-order valence-electron chi connectivity index (χ0n) is 16.7. The number of nitrogens with zero attached hydrogens (tertiary/aromatic N) is 3. The number of hydrogen-bond donors (Lipinski definition) is 1. The fraction of sp³-hybridized carbons (Fsp3) is 0.391. The van der Waals surface area contributed by atoms with E-state index in [2.05, 4.69) is 11.0 Å². The third-order valence-electron chi connectivity index (χ3n) is 5.36. The molecule has 2 aromatic carbocycles. The minimum Gasteiger partial charge on any atom is -0.392 e. The number of β-amino-alcohol motifs (C(OH)–C–C–N with tert-alkyl or cyclic N) is 1. The van der Waals surface area contributed by atoms with E-state index in [9.17, 15) is 9.90 Å². The van der Waals surface area contributed by atoms with Crippen LogP contribution < -0.4 is 0 Å². The van der Waals surface area contributed by atoms with Gasteiger partial charge in [-0.15, -0.1) is 0 Å². The molecule has 1 amide bonds. The van der Waals surface area contributed by atoms with Crippen molar-refractivity contribution >= 4 is 29.1 Å². The number of amides is 1. The van der Waals surface area contributed by atoms with Gasteiger partial charge in [-0.25, -0.2) is 0 Å². The normalized spacial score (nSPS) is 17.5. The summed E-state index contributed by atoms with van der Waals surface area (Å²) in [5, 5.41) is 19.9. The Morgan fingerprint density at radius 3 is 2.63 bits per heavy atom. The first-order valence-corrected chi connectivity index (χ1v) is 10.8. The van der Waals surface area contributed by atoms with Crippen LogP contribution in [0, 0.1) is 11.3 Å². The standard InChI is InChI=1S/C23H25Cl2N3O2/c24-20-8-7-17(13-21(20)25)14-23(30)28(11-4-10-26)22(18-5-2-1-3-6-18)16-27-12-9-19(29)15-27/h1-3,5-8,13,19,22,29H,4,9,11-12,14-16H2/t19-,22+/m0/s1. The van der Waals surface area contributed by atoms with Crippen molar-refractivity contribution in [1.82, 2.24) is 9.80 Å². The molecule has 30 heavy (non-hydrogen) atoms. The van der Waals surface area contributed by atoms with Crippen LogP contribution in [0.3, 0.4) is 0 Å². The average Bonchev–Trinajstić information content (AvgIpc) is 3.15. The maximum atomic E-state index is 13.3. The van der Waals surface area contributed by atoms with Gasteiger partial charge >= 0.3 is 0 Å². The van der Waals surface area contributed by atoms with Crippen LogP contribution in [-0.2, 0) is 11.2 Å². The minimum atomic E-state index is -0.333. The number of likely N-dealkylation sites (tertiary alicyclic amines) is 1. The van der Waals surface area contributed by atoms with Gasteiger partial charge in [0.2, 0.25) is 5.91 Å². The van der Waals surface area contributed by atoms with Crippen molar-refractivity contribution in [3.05, 3.63) is 69.7 Å². The van der Waals surface area contributed by atoms with Crippen LogP contribution >= 0.6 is 23.2 Å². The van der Waals surface area contributed by atoms with Gasteiger partial charge in [0.05, 0.1) is 41.1 Å². The molecular weight excluding hydrogens is 421 g/mol. The van der Waals surface area contributed by atoms with Crippen LogP contribution in [0.2, 0.25) is 10.0 Å². The number of halogens is 2. The molecule has 1 heterocycles. The van der Waals surface area contributed by atoms with E-state index < -0.39 is 0 Å². The Balaban J connectivity index is 1.86. The Labute approximate surface area is 187 Å². The van der Waals surface area contributed by atoms with Crippen molar-refractivity contribution < 1.29 is 9.90 Å². The van der Waals surface area contributed by atoms with E-state index in [0.717, 1.165) is 24.1 Å². The second-order valence-electron chi connectivity index (χ2n) is 7.55. The van der Waals surface area contributed by atoms with E-state index in [1.807, 2.05) is 30.3 Å². The van der Waals surface area contributed by atoms with E-state index in [1.54, 1.807) is 23.1 Å². The molecule has 158 valence electrons. The van der Waals surface area contributed by atoms with E-state index in [1.165, 1.54) is 0 Å². The van der Waals surface area contributed by atoms with Crippen LogP contribution in [0.4, 0.5) is 0 Å². The van der Waals surface area contributed by atoms with Crippen molar-refractivity contribution in [3.8, 4) is 6.07 Å². The van der Waals surface area contributed by atoms with Gasteiger partial charge in [0, 0.05) is 26.2 Å². The van der Waals surface area contributed by atoms with Crippen molar-refractivity contribution in [2.24, 2.45) is 0 Å². The topological polar surface area (TPSA) is 67.6 Å². The van der Waals surface area contributed by atoms with Gasteiger partial charge in [0.15, 0.2) is 0 Å². The molecule has 5 nitrogen and oxygen atoms in total. The third kappa shape index (κ3) is 5.96. The maximum absolute atomic E-state index is 13.3. The molecule has 0 aromatic heterocycles. The van der Waals surface area contributed by atoms with Gasteiger partial charge in [-0.05, 0) is 29.7 Å². The second-order valence-corrected chi connectivity index (χ2v) is 8.36. The first kappa shape index (κ1) is 22.6. The Morgan fingerprint density at radius 1 is 1.23 bits per heavy atom. The summed E-state index contributed by atoms with van der Waals surface area (Å²) < 4.78 is 0. The molecule has 0 unspecified atom stereocenters. The molecule has 1 saturated heterocycles. The smallest absolute Gasteiger partial charge is 0.227 e. The lowest BCUT2D eigenvalue weighted by Gasteiger charge is -2.34. The summed E-state index contributed by atoms with van der Waals surface area (Å²) in [5.41, 5.74) is 1.79. The number of hydrogen-bond acceptors (Lipinski definition) is 4. The van der Waals surface area contributed by atoms with Crippen LogP contribution in [0.15, 0.2) is 48.5 Å². The van der Waals surface area contributed by atoms with Gasteiger partial charge in [-0.2, -0.15) is 5.26 Å². The number of benzene rings is 2. The molecule has 1 N–H and O–H groups in total. The first-order chi connectivity index (χ1) is 14.5. The summed E-state index contributed by atoms with van der Waals surface area (Å²) in [6.07, 6.45) is 0.825. The number of aliphatic hydroxyl groups excluding tert-OH is 1. The first-order valence-electron chi connectivity index (χ1n) is 10.0. The zero-order valence-corrected chi connectivity index (χ0v) is 18.2. The summed E-state index contributed by atoms with van der Waals surface area (Å²) in [4.78, 5) is 17.3. The fourth-order valence-electron chi connectivity index (χ4n) is 3.83. The fourth-order valence-corrected chi connectivity index (χ4v) is 4.15. The SMILES string of the molecule is N#CCCN(C(=O)Cc1ccc(Cl)c(Cl)c1)[C@H](CN1CC[C@H](O)C1)c1ccccc1. The van der Waals surface area contributed by atoms with Crippen LogP contribution in [0.5, 0.6) is 0 Å². The highest BCUT2D eigenvalue weighted by molar-refractivity contribution is 6.42. The van der Waals surface area contributed by atoms with Gasteiger partial charge in [0.25, 0.3) is 0 Å². The summed E-state index contributed by atoms with van der Waals surface area (Å²) in [7, 11) is 0. The van der Waals surface area contributed by atoms with E-state index in [0.29, 0.717) is 29.7 Å². The maximum Gasteiger partial charge on any atom is 0.227 e. The molecule has 3 rings (SSSR count). The van der Waals surface area contributed by atoms with Gasteiger partial charge < -0.3 is 10.0 Å². The molecule has 0 saturated carbocycles.